The summed E-state index contributed by atoms with van der Waals surface area (Å²) in [5.74, 6) is 0.525. The quantitative estimate of drug-likeness (QED) is 0.673. The van der Waals surface area contributed by atoms with Gasteiger partial charge in [0.2, 0.25) is 0 Å². The monoisotopic (exact) mass is 368 g/mol. The summed E-state index contributed by atoms with van der Waals surface area (Å²) < 4.78 is 18.7. The second kappa shape index (κ2) is 8.60. The summed E-state index contributed by atoms with van der Waals surface area (Å²) in [5.41, 5.74) is 3.06. The first-order valence-electron chi connectivity index (χ1n) is 8.96. The van der Waals surface area contributed by atoms with Crippen LogP contribution in [0, 0.1) is 12.7 Å². The van der Waals surface area contributed by atoms with Crippen molar-refractivity contribution in [3.05, 3.63) is 82.9 Å². The molecule has 0 aliphatic carbocycles. The van der Waals surface area contributed by atoms with Gasteiger partial charge in [-0.15, -0.1) is 0 Å². The van der Waals surface area contributed by atoms with E-state index < -0.39 is 0 Å². The lowest BCUT2D eigenvalue weighted by Crippen LogP contribution is -2.87. The number of nitrogens with zero attached hydrogens (tertiary/aromatic N) is 1. The Hall–Kier alpha value is -2.99. The molecular weight excluding hydrogens is 345 g/mol. The van der Waals surface area contributed by atoms with Crippen LogP contribution in [0.25, 0.3) is 0 Å². The second-order valence-corrected chi connectivity index (χ2v) is 6.44. The van der Waals surface area contributed by atoms with Crippen molar-refractivity contribution in [3.8, 4) is 0 Å². The SMILES string of the molecule is CCc1ccc([C@@H]([NH2+]CC(=O)Nc2cc(C)on2)c2cccc(F)c2)cc1. The molecular formula is C21H23FN3O2+. The maximum atomic E-state index is 13.7. The minimum absolute atomic E-state index is 0.169. The molecule has 0 aliphatic rings. The summed E-state index contributed by atoms with van der Waals surface area (Å²) in [5, 5.41) is 8.35. The Kier molecular flexibility index (Phi) is 5.98. The number of anilines is 1. The zero-order chi connectivity index (χ0) is 19.2. The minimum atomic E-state index is -0.293. The van der Waals surface area contributed by atoms with E-state index in [9.17, 15) is 9.18 Å². The van der Waals surface area contributed by atoms with Gasteiger partial charge in [-0.2, -0.15) is 0 Å². The zero-order valence-corrected chi connectivity index (χ0v) is 15.4. The first-order valence-corrected chi connectivity index (χ1v) is 8.96. The highest BCUT2D eigenvalue weighted by atomic mass is 19.1. The molecule has 0 radical (unpaired) electrons. The molecule has 140 valence electrons. The molecule has 1 atom stereocenters. The summed E-state index contributed by atoms with van der Waals surface area (Å²) in [6.45, 7) is 4.03. The number of nitrogens with two attached hydrogens (primary N) is 1. The van der Waals surface area contributed by atoms with Crippen LogP contribution in [-0.2, 0) is 11.2 Å². The molecule has 1 heterocycles. The lowest BCUT2D eigenvalue weighted by molar-refractivity contribution is -0.676. The van der Waals surface area contributed by atoms with Gasteiger partial charge in [-0.05, 0) is 31.0 Å². The summed E-state index contributed by atoms with van der Waals surface area (Å²) in [6.07, 6.45) is 0.953. The van der Waals surface area contributed by atoms with E-state index in [1.54, 1.807) is 19.1 Å². The second-order valence-electron chi connectivity index (χ2n) is 6.44. The third-order valence-electron chi connectivity index (χ3n) is 4.39. The lowest BCUT2D eigenvalue weighted by Gasteiger charge is -2.17. The van der Waals surface area contributed by atoms with Gasteiger partial charge in [-0.1, -0.05) is 48.5 Å². The highest BCUT2D eigenvalue weighted by Gasteiger charge is 2.20. The topological polar surface area (TPSA) is 71.7 Å². The van der Waals surface area contributed by atoms with Crippen molar-refractivity contribution in [3.63, 3.8) is 0 Å². The van der Waals surface area contributed by atoms with Gasteiger partial charge < -0.3 is 15.2 Å². The number of aryl methyl sites for hydroxylation is 2. The van der Waals surface area contributed by atoms with Crippen LogP contribution in [-0.4, -0.2) is 17.6 Å². The molecule has 2 aromatic carbocycles. The number of rotatable bonds is 7. The molecule has 0 fully saturated rings. The Morgan fingerprint density at radius 3 is 2.59 bits per heavy atom. The maximum Gasteiger partial charge on any atom is 0.280 e. The number of hydrogen-bond donors (Lipinski definition) is 2. The van der Waals surface area contributed by atoms with Crippen LogP contribution >= 0.6 is 0 Å². The number of benzene rings is 2. The largest absolute Gasteiger partial charge is 0.360 e. The average molecular weight is 368 g/mol. The summed E-state index contributed by atoms with van der Waals surface area (Å²) in [4.78, 5) is 12.3. The fraction of sp³-hybridized carbons (Fsp3) is 0.238. The van der Waals surface area contributed by atoms with Crippen LogP contribution in [0.1, 0.15) is 35.4 Å². The predicted octanol–water partition coefficient (Wildman–Crippen LogP) is 2.98. The van der Waals surface area contributed by atoms with Crippen LogP contribution in [0.2, 0.25) is 0 Å². The number of quaternary nitrogens is 1. The molecule has 3 N–H and O–H groups in total. The van der Waals surface area contributed by atoms with Gasteiger partial charge in [0, 0.05) is 17.2 Å². The van der Waals surface area contributed by atoms with E-state index in [0.717, 1.165) is 17.5 Å². The highest BCUT2D eigenvalue weighted by molar-refractivity contribution is 5.90. The van der Waals surface area contributed by atoms with Crippen LogP contribution in [0.3, 0.4) is 0 Å². The Bertz CT molecular complexity index is 906. The Morgan fingerprint density at radius 2 is 1.96 bits per heavy atom. The van der Waals surface area contributed by atoms with Gasteiger partial charge in [0.1, 0.15) is 17.6 Å². The molecule has 3 aromatic rings. The average Bonchev–Trinajstić information content (AvgIpc) is 3.07. The molecule has 0 spiro atoms. The Morgan fingerprint density at radius 1 is 1.19 bits per heavy atom. The molecule has 0 aliphatic heterocycles. The van der Waals surface area contributed by atoms with Crippen LogP contribution in [0.5, 0.6) is 0 Å². The van der Waals surface area contributed by atoms with Crippen LogP contribution in [0.4, 0.5) is 10.2 Å². The molecule has 6 heteroatoms. The van der Waals surface area contributed by atoms with E-state index in [0.29, 0.717) is 11.6 Å². The minimum Gasteiger partial charge on any atom is -0.360 e. The normalized spacial score (nSPS) is 12.0. The Labute approximate surface area is 157 Å². The summed E-state index contributed by atoms with van der Waals surface area (Å²) >= 11 is 0. The molecule has 5 nitrogen and oxygen atoms in total. The fourth-order valence-corrected chi connectivity index (χ4v) is 2.97. The van der Waals surface area contributed by atoms with Crippen molar-refractivity contribution in [2.75, 3.05) is 11.9 Å². The van der Waals surface area contributed by atoms with E-state index in [2.05, 4.69) is 29.5 Å². The summed E-state index contributed by atoms with van der Waals surface area (Å²) in [7, 11) is 0. The molecule has 1 aromatic heterocycles. The zero-order valence-electron chi connectivity index (χ0n) is 15.4. The molecule has 0 saturated heterocycles. The molecule has 3 rings (SSSR count). The third-order valence-corrected chi connectivity index (χ3v) is 4.39. The number of aromatic nitrogens is 1. The molecule has 0 saturated carbocycles. The number of carbonyl (C=O) groups is 1. The first-order chi connectivity index (χ1) is 13.0. The number of carbonyl (C=O) groups excluding carboxylic acids is 1. The molecule has 27 heavy (non-hydrogen) atoms. The standard InChI is InChI=1S/C21H22FN3O2/c1-3-15-7-9-16(10-8-15)21(17-5-4-6-18(22)12-17)23-13-20(26)24-19-11-14(2)27-25-19/h4-12,21,23H,3,13H2,1-2H3,(H,24,25,26)/p+1/t21-/m1/s1. The van der Waals surface area contributed by atoms with Crippen molar-refractivity contribution in [2.24, 2.45) is 0 Å². The van der Waals surface area contributed by atoms with Gasteiger partial charge in [0.25, 0.3) is 5.91 Å². The fourth-order valence-electron chi connectivity index (χ4n) is 2.97. The van der Waals surface area contributed by atoms with Crippen molar-refractivity contribution in [1.82, 2.24) is 5.16 Å². The number of nitrogens with one attached hydrogen (secondary N) is 1. The van der Waals surface area contributed by atoms with Gasteiger partial charge in [0.15, 0.2) is 12.4 Å². The lowest BCUT2D eigenvalue weighted by atomic mass is 9.97. The predicted molar refractivity (Wildman–Crippen MR) is 101 cm³/mol. The molecule has 0 bridgehead atoms. The third kappa shape index (κ3) is 5.01. The number of halogens is 1. The van der Waals surface area contributed by atoms with E-state index in [1.165, 1.54) is 17.7 Å². The van der Waals surface area contributed by atoms with Crippen molar-refractivity contribution >= 4 is 11.7 Å². The van der Waals surface area contributed by atoms with Crippen molar-refractivity contribution < 1.29 is 19.0 Å². The highest BCUT2D eigenvalue weighted by Crippen LogP contribution is 2.20. The van der Waals surface area contributed by atoms with Gasteiger partial charge >= 0.3 is 0 Å². The van der Waals surface area contributed by atoms with E-state index >= 15 is 0 Å². The Balaban J connectivity index is 1.75. The van der Waals surface area contributed by atoms with Crippen molar-refractivity contribution in [2.45, 2.75) is 26.3 Å². The first kappa shape index (κ1) is 18.8. The number of hydrogen-bond acceptors (Lipinski definition) is 3. The van der Waals surface area contributed by atoms with Gasteiger partial charge in [-0.25, -0.2) is 4.39 Å². The van der Waals surface area contributed by atoms with Crippen molar-refractivity contribution in [1.29, 1.82) is 0 Å². The molecule has 0 unspecified atom stereocenters. The number of amides is 1. The smallest absolute Gasteiger partial charge is 0.280 e. The maximum absolute atomic E-state index is 13.7. The van der Waals surface area contributed by atoms with E-state index in [4.69, 9.17) is 4.52 Å². The van der Waals surface area contributed by atoms with Crippen LogP contribution in [0.15, 0.2) is 59.1 Å². The van der Waals surface area contributed by atoms with E-state index in [1.807, 2.05) is 23.5 Å². The summed E-state index contributed by atoms with van der Waals surface area (Å²) in [6, 6.07) is 16.1. The molecule has 1 amide bonds. The van der Waals surface area contributed by atoms with Gasteiger partial charge in [-0.3, -0.25) is 4.79 Å². The van der Waals surface area contributed by atoms with E-state index in [-0.39, 0.29) is 24.3 Å². The van der Waals surface area contributed by atoms with Gasteiger partial charge in [0.05, 0.1) is 0 Å². The van der Waals surface area contributed by atoms with Crippen LogP contribution < -0.4 is 10.6 Å².